The van der Waals surface area contributed by atoms with Crippen LogP contribution in [-0.2, 0) is 0 Å². The Labute approximate surface area is 311 Å². The van der Waals surface area contributed by atoms with Crippen molar-refractivity contribution in [2.24, 2.45) is 0 Å². The number of furan rings is 2. The molecule has 4 heterocycles. The third-order valence-electron chi connectivity index (χ3n) is 11.0. The summed E-state index contributed by atoms with van der Waals surface area (Å²) in [6, 6.07) is 55.4. The van der Waals surface area contributed by atoms with Gasteiger partial charge >= 0.3 is 0 Å². The van der Waals surface area contributed by atoms with Crippen molar-refractivity contribution in [3.8, 4) is 44.8 Å². The molecule has 7 aromatic carbocycles. The second-order valence-electron chi connectivity index (χ2n) is 14.3. The van der Waals surface area contributed by atoms with Gasteiger partial charge < -0.3 is 8.83 Å². The topological polar surface area (TPSA) is 52.1 Å². The second kappa shape index (κ2) is 11.7. The van der Waals surface area contributed by atoms with Crippen LogP contribution in [-0.4, -0.2) is 9.97 Å². The molecular weight excluding hydrogens is 661 g/mol. The molecule has 0 spiro atoms. The molecule has 0 aliphatic rings. The summed E-state index contributed by atoms with van der Waals surface area (Å²) in [5.74, 6) is 0. The number of fused-ring (bicyclic) bond motifs is 9. The summed E-state index contributed by atoms with van der Waals surface area (Å²) < 4.78 is 12.1. The highest BCUT2D eigenvalue weighted by atomic mass is 16.3. The average Bonchev–Trinajstić information content (AvgIpc) is 3.78. The van der Waals surface area contributed by atoms with Gasteiger partial charge in [-0.1, -0.05) is 109 Å². The number of aryl methyl sites for hydroxylation is 2. The summed E-state index contributed by atoms with van der Waals surface area (Å²) >= 11 is 0. The van der Waals surface area contributed by atoms with Gasteiger partial charge in [-0.3, -0.25) is 0 Å². The maximum absolute atomic E-state index is 6.06. The van der Waals surface area contributed by atoms with Crippen LogP contribution in [0.5, 0.6) is 0 Å². The fraction of sp³-hybridized carbons (Fsp3) is 0.0400. The van der Waals surface area contributed by atoms with Gasteiger partial charge in [0, 0.05) is 43.4 Å². The van der Waals surface area contributed by atoms with Crippen LogP contribution in [0.3, 0.4) is 0 Å². The van der Waals surface area contributed by atoms with Gasteiger partial charge in [0.2, 0.25) is 0 Å². The standard InChI is InChI=1S/C50H32N2O2/c1-29-25-43(33-15-11-31(12-16-33)35-19-23-47-41(27-35)39-7-3-5-9-45(39)53-47)51-49-37(29)21-22-38-30(2)26-44(52-50(38)49)34-17-13-32(14-18-34)36-20-24-48-42(28-36)40-8-4-6-10-46(40)54-48/h3-28H,1-2H3. The molecule has 0 fully saturated rings. The molecule has 0 radical (unpaired) electrons. The van der Waals surface area contributed by atoms with Gasteiger partial charge in [0.15, 0.2) is 0 Å². The Morgan fingerprint density at radius 1 is 0.315 bits per heavy atom. The predicted octanol–water partition coefficient (Wildman–Crippen LogP) is 13.9. The summed E-state index contributed by atoms with van der Waals surface area (Å²) in [4.78, 5) is 10.6. The Bertz CT molecular complexity index is 3060. The zero-order chi connectivity index (χ0) is 35.9. The number of para-hydroxylation sites is 2. The first kappa shape index (κ1) is 30.6. The van der Waals surface area contributed by atoms with Crippen LogP contribution in [0.2, 0.25) is 0 Å². The molecule has 0 aliphatic heterocycles. The average molecular weight is 693 g/mol. The lowest BCUT2D eigenvalue weighted by Gasteiger charge is -2.13. The molecule has 0 saturated carbocycles. The van der Waals surface area contributed by atoms with E-state index in [2.05, 4.69) is 147 Å². The molecular formula is C50H32N2O2. The van der Waals surface area contributed by atoms with Crippen molar-refractivity contribution in [1.82, 2.24) is 9.97 Å². The van der Waals surface area contributed by atoms with E-state index >= 15 is 0 Å². The normalized spacial score (nSPS) is 11.9. The van der Waals surface area contributed by atoms with E-state index in [9.17, 15) is 0 Å². The molecule has 4 heteroatoms. The van der Waals surface area contributed by atoms with Gasteiger partial charge in [0.05, 0.1) is 22.4 Å². The van der Waals surface area contributed by atoms with Crippen LogP contribution in [0.4, 0.5) is 0 Å². The Balaban J connectivity index is 0.953. The first-order valence-corrected chi connectivity index (χ1v) is 18.3. The summed E-state index contributed by atoms with van der Waals surface area (Å²) in [7, 11) is 0. The molecule has 4 aromatic heterocycles. The van der Waals surface area contributed by atoms with Crippen molar-refractivity contribution in [3.05, 3.63) is 169 Å². The minimum atomic E-state index is 0.904. The van der Waals surface area contributed by atoms with Gasteiger partial charge in [0.25, 0.3) is 0 Å². The lowest BCUT2D eigenvalue weighted by molar-refractivity contribution is 0.668. The molecule has 0 unspecified atom stereocenters. The van der Waals surface area contributed by atoms with Gasteiger partial charge in [-0.2, -0.15) is 0 Å². The molecule has 4 nitrogen and oxygen atoms in total. The predicted molar refractivity (Wildman–Crippen MR) is 223 cm³/mol. The van der Waals surface area contributed by atoms with E-state index in [0.717, 1.165) is 110 Å². The van der Waals surface area contributed by atoms with E-state index in [1.807, 2.05) is 24.3 Å². The van der Waals surface area contributed by atoms with Gasteiger partial charge in [0.1, 0.15) is 22.3 Å². The zero-order valence-electron chi connectivity index (χ0n) is 29.7. The first-order chi connectivity index (χ1) is 26.5. The Morgan fingerprint density at radius 2 is 0.685 bits per heavy atom. The minimum absolute atomic E-state index is 0.904. The number of rotatable bonds is 4. The van der Waals surface area contributed by atoms with E-state index < -0.39 is 0 Å². The third-order valence-corrected chi connectivity index (χ3v) is 11.0. The quantitative estimate of drug-likeness (QED) is 0.172. The summed E-state index contributed by atoms with van der Waals surface area (Å²) in [6.45, 7) is 4.33. The van der Waals surface area contributed by atoms with E-state index in [1.165, 1.54) is 11.1 Å². The van der Waals surface area contributed by atoms with E-state index in [0.29, 0.717) is 0 Å². The Kier molecular flexibility index (Phi) is 6.65. The summed E-state index contributed by atoms with van der Waals surface area (Å²) in [6.07, 6.45) is 0. The number of hydrogen-bond donors (Lipinski definition) is 0. The fourth-order valence-corrected chi connectivity index (χ4v) is 8.09. The molecule has 0 bridgehead atoms. The van der Waals surface area contributed by atoms with Crippen LogP contribution in [0, 0.1) is 13.8 Å². The van der Waals surface area contributed by atoms with Crippen LogP contribution >= 0.6 is 0 Å². The number of pyridine rings is 2. The third kappa shape index (κ3) is 4.84. The molecule has 0 N–H and O–H groups in total. The highest BCUT2D eigenvalue weighted by molar-refractivity contribution is 6.08. The van der Waals surface area contributed by atoms with Gasteiger partial charge in [-0.25, -0.2) is 9.97 Å². The number of aromatic nitrogens is 2. The lowest BCUT2D eigenvalue weighted by Crippen LogP contribution is -1.95. The van der Waals surface area contributed by atoms with Crippen LogP contribution < -0.4 is 0 Å². The molecule has 54 heavy (non-hydrogen) atoms. The molecule has 254 valence electrons. The number of benzene rings is 7. The van der Waals surface area contributed by atoms with Crippen molar-refractivity contribution in [3.63, 3.8) is 0 Å². The van der Waals surface area contributed by atoms with Crippen molar-refractivity contribution >= 4 is 65.7 Å². The number of hydrogen-bond acceptors (Lipinski definition) is 4. The molecule has 11 aromatic rings. The highest BCUT2D eigenvalue weighted by Gasteiger charge is 2.15. The fourth-order valence-electron chi connectivity index (χ4n) is 8.09. The minimum Gasteiger partial charge on any atom is -0.456 e. The molecule has 0 aliphatic carbocycles. The van der Waals surface area contributed by atoms with Crippen molar-refractivity contribution in [1.29, 1.82) is 0 Å². The highest BCUT2D eigenvalue weighted by Crippen LogP contribution is 2.37. The van der Waals surface area contributed by atoms with Gasteiger partial charge in [-0.15, -0.1) is 0 Å². The van der Waals surface area contributed by atoms with Crippen molar-refractivity contribution in [2.75, 3.05) is 0 Å². The smallest absolute Gasteiger partial charge is 0.135 e. The first-order valence-electron chi connectivity index (χ1n) is 18.3. The Hall–Kier alpha value is -7.04. The van der Waals surface area contributed by atoms with Crippen LogP contribution in [0.1, 0.15) is 11.1 Å². The number of nitrogens with zero attached hydrogens (tertiary/aromatic N) is 2. The van der Waals surface area contributed by atoms with Crippen LogP contribution in [0.25, 0.3) is 110 Å². The van der Waals surface area contributed by atoms with Crippen LogP contribution in [0.15, 0.2) is 167 Å². The second-order valence-corrected chi connectivity index (χ2v) is 14.3. The van der Waals surface area contributed by atoms with Crippen molar-refractivity contribution in [2.45, 2.75) is 13.8 Å². The Morgan fingerprint density at radius 3 is 1.13 bits per heavy atom. The molecule has 11 rings (SSSR count). The van der Waals surface area contributed by atoms with Gasteiger partial charge in [-0.05, 0) is 95.8 Å². The summed E-state index contributed by atoms with van der Waals surface area (Å²) in [5.41, 5.74) is 16.4. The molecule has 0 amide bonds. The summed E-state index contributed by atoms with van der Waals surface area (Å²) in [5, 5.41) is 6.76. The molecule has 0 atom stereocenters. The van der Waals surface area contributed by atoms with E-state index in [1.54, 1.807) is 0 Å². The molecule has 0 saturated heterocycles. The maximum Gasteiger partial charge on any atom is 0.135 e. The lowest BCUT2D eigenvalue weighted by atomic mass is 9.98. The SMILES string of the molecule is Cc1cc(-c2ccc(-c3ccc4oc5ccccc5c4c3)cc2)nc2c1ccc1c(C)cc(-c3ccc(-c4ccc5oc6ccccc6c5c4)cc3)nc12. The van der Waals surface area contributed by atoms with E-state index in [-0.39, 0.29) is 0 Å². The zero-order valence-corrected chi connectivity index (χ0v) is 29.7. The largest absolute Gasteiger partial charge is 0.456 e. The maximum atomic E-state index is 6.06. The monoisotopic (exact) mass is 692 g/mol. The van der Waals surface area contributed by atoms with E-state index in [4.69, 9.17) is 18.8 Å². The van der Waals surface area contributed by atoms with Crippen molar-refractivity contribution < 1.29 is 8.83 Å².